The molecule has 0 aromatic heterocycles. The highest BCUT2D eigenvalue weighted by Crippen LogP contribution is 2.36. The normalized spacial score (nSPS) is 12.6. The van der Waals surface area contributed by atoms with Gasteiger partial charge < -0.3 is 25.1 Å². The molecule has 1 aromatic rings. The summed E-state index contributed by atoms with van der Waals surface area (Å²) < 4.78 is 16.1. The molecule has 5 nitrogen and oxygen atoms in total. The highest BCUT2D eigenvalue weighted by Gasteiger charge is 2.14. The summed E-state index contributed by atoms with van der Waals surface area (Å²) in [6.07, 6.45) is -0.668. The molecular weight excluding hydrogens is 282 g/mol. The molecule has 0 spiro atoms. The molecule has 1 aromatic carbocycles. The number of nitrogens with two attached hydrogens (primary N) is 1. The maximum atomic E-state index is 9.76. The Labute approximate surface area is 124 Å². The summed E-state index contributed by atoms with van der Waals surface area (Å²) in [6.45, 7) is 4.45. The van der Waals surface area contributed by atoms with Crippen molar-refractivity contribution in [3.8, 4) is 11.5 Å². The van der Waals surface area contributed by atoms with E-state index in [1.165, 1.54) is 7.11 Å². The molecule has 20 heavy (non-hydrogen) atoms. The first-order valence-electron chi connectivity index (χ1n) is 6.46. The molecule has 1 atom stereocenters. The van der Waals surface area contributed by atoms with E-state index in [9.17, 15) is 5.11 Å². The van der Waals surface area contributed by atoms with E-state index in [0.717, 1.165) is 5.56 Å². The first-order valence-corrected chi connectivity index (χ1v) is 6.84. The highest BCUT2D eigenvalue weighted by molar-refractivity contribution is 6.32. The van der Waals surface area contributed by atoms with Crippen molar-refractivity contribution in [2.45, 2.75) is 32.6 Å². The Morgan fingerprint density at radius 2 is 2.00 bits per heavy atom. The lowest BCUT2D eigenvalue weighted by atomic mass is 10.2. The largest absolute Gasteiger partial charge is 0.493 e. The van der Waals surface area contributed by atoms with Gasteiger partial charge in [0.2, 0.25) is 0 Å². The zero-order chi connectivity index (χ0) is 15.1. The average Bonchev–Trinajstić information content (AvgIpc) is 2.42. The number of benzene rings is 1. The Kier molecular flexibility index (Phi) is 7.09. The standard InChI is InChI=1S/C14H22ClNO4/c1-9(2)19-7-11(17)8-20-14-12(15)4-10(6-16)5-13(14)18-3/h4-5,9,11,17H,6-8,16H2,1-3H3. The van der Waals surface area contributed by atoms with Crippen LogP contribution in [0.25, 0.3) is 0 Å². The quantitative estimate of drug-likeness (QED) is 0.768. The van der Waals surface area contributed by atoms with Gasteiger partial charge in [-0.1, -0.05) is 11.6 Å². The maximum absolute atomic E-state index is 9.76. The van der Waals surface area contributed by atoms with E-state index < -0.39 is 6.10 Å². The first-order chi connectivity index (χ1) is 9.47. The van der Waals surface area contributed by atoms with Crippen LogP contribution in [-0.4, -0.2) is 37.6 Å². The third-order valence-corrected chi connectivity index (χ3v) is 2.85. The first kappa shape index (κ1) is 17.0. The van der Waals surface area contributed by atoms with Gasteiger partial charge >= 0.3 is 0 Å². The van der Waals surface area contributed by atoms with Crippen LogP contribution in [0.15, 0.2) is 12.1 Å². The second-order valence-electron chi connectivity index (χ2n) is 4.66. The smallest absolute Gasteiger partial charge is 0.179 e. The van der Waals surface area contributed by atoms with Crippen molar-refractivity contribution in [3.05, 3.63) is 22.7 Å². The number of hydrogen-bond donors (Lipinski definition) is 2. The van der Waals surface area contributed by atoms with Gasteiger partial charge in [0.15, 0.2) is 11.5 Å². The molecule has 3 N–H and O–H groups in total. The molecule has 1 unspecified atom stereocenters. The third-order valence-electron chi connectivity index (χ3n) is 2.57. The predicted octanol–water partition coefficient (Wildman–Crippen LogP) is 1.97. The average molecular weight is 304 g/mol. The number of rotatable bonds is 8. The molecule has 0 fully saturated rings. The van der Waals surface area contributed by atoms with E-state index in [1.807, 2.05) is 13.8 Å². The van der Waals surface area contributed by atoms with Gasteiger partial charge in [-0.2, -0.15) is 0 Å². The molecule has 0 radical (unpaired) electrons. The molecular formula is C14H22ClNO4. The fraction of sp³-hybridized carbons (Fsp3) is 0.571. The lowest BCUT2D eigenvalue weighted by Crippen LogP contribution is -2.25. The third kappa shape index (κ3) is 5.17. The van der Waals surface area contributed by atoms with Gasteiger partial charge in [0.05, 0.1) is 24.8 Å². The lowest BCUT2D eigenvalue weighted by Gasteiger charge is -2.17. The molecule has 0 aliphatic heterocycles. The van der Waals surface area contributed by atoms with Crippen LogP contribution in [0.5, 0.6) is 11.5 Å². The van der Waals surface area contributed by atoms with Gasteiger partial charge in [0.25, 0.3) is 0 Å². The van der Waals surface area contributed by atoms with Crippen LogP contribution in [0.4, 0.5) is 0 Å². The van der Waals surface area contributed by atoms with Gasteiger partial charge in [-0.25, -0.2) is 0 Å². The van der Waals surface area contributed by atoms with E-state index in [0.29, 0.717) is 23.1 Å². The van der Waals surface area contributed by atoms with Crippen LogP contribution in [0.1, 0.15) is 19.4 Å². The summed E-state index contributed by atoms with van der Waals surface area (Å²) in [5, 5.41) is 10.2. The molecule has 0 heterocycles. The van der Waals surface area contributed by atoms with E-state index in [-0.39, 0.29) is 19.3 Å². The highest BCUT2D eigenvalue weighted by atomic mass is 35.5. The predicted molar refractivity (Wildman–Crippen MR) is 78.5 cm³/mol. The van der Waals surface area contributed by atoms with Crippen molar-refractivity contribution >= 4 is 11.6 Å². The van der Waals surface area contributed by atoms with Crippen molar-refractivity contribution < 1.29 is 19.3 Å². The topological polar surface area (TPSA) is 73.9 Å². The SMILES string of the molecule is COc1cc(CN)cc(Cl)c1OCC(O)COC(C)C. The van der Waals surface area contributed by atoms with E-state index >= 15 is 0 Å². The van der Waals surface area contributed by atoms with Crippen molar-refractivity contribution in [1.82, 2.24) is 0 Å². The Morgan fingerprint density at radius 3 is 2.55 bits per heavy atom. The molecule has 6 heteroatoms. The maximum Gasteiger partial charge on any atom is 0.179 e. The number of methoxy groups -OCH3 is 1. The monoisotopic (exact) mass is 303 g/mol. The molecule has 0 amide bonds. The fourth-order valence-electron chi connectivity index (χ4n) is 1.56. The minimum atomic E-state index is -0.729. The minimum Gasteiger partial charge on any atom is -0.493 e. The second kappa shape index (κ2) is 8.32. The second-order valence-corrected chi connectivity index (χ2v) is 5.07. The van der Waals surface area contributed by atoms with E-state index in [1.54, 1.807) is 12.1 Å². The van der Waals surface area contributed by atoms with E-state index in [4.69, 9.17) is 31.5 Å². The Bertz CT molecular complexity index is 426. The zero-order valence-corrected chi connectivity index (χ0v) is 12.8. The minimum absolute atomic E-state index is 0.0617. The molecule has 0 aliphatic carbocycles. The molecule has 0 saturated heterocycles. The summed E-state index contributed by atoms with van der Waals surface area (Å²) in [6, 6.07) is 3.48. The van der Waals surface area contributed by atoms with Crippen LogP contribution in [0.2, 0.25) is 5.02 Å². The molecule has 0 saturated carbocycles. The van der Waals surface area contributed by atoms with Crippen LogP contribution in [-0.2, 0) is 11.3 Å². The van der Waals surface area contributed by atoms with Crippen LogP contribution in [0.3, 0.4) is 0 Å². The summed E-state index contributed by atoms with van der Waals surface area (Å²) in [5.74, 6) is 0.893. The fourth-order valence-corrected chi connectivity index (χ4v) is 1.85. The number of ether oxygens (including phenoxy) is 3. The van der Waals surface area contributed by atoms with Crippen molar-refractivity contribution in [2.24, 2.45) is 5.73 Å². The Morgan fingerprint density at radius 1 is 1.30 bits per heavy atom. The van der Waals surface area contributed by atoms with Crippen molar-refractivity contribution in [1.29, 1.82) is 0 Å². The molecule has 114 valence electrons. The van der Waals surface area contributed by atoms with Gasteiger partial charge in [-0.15, -0.1) is 0 Å². The lowest BCUT2D eigenvalue weighted by molar-refractivity contribution is -0.0125. The molecule has 0 bridgehead atoms. The molecule has 1 rings (SSSR count). The van der Waals surface area contributed by atoms with Gasteiger partial charge in [0, 0.05) is 6.54 Å². The van der Waals surface area contributed by atoms with Crippen LogP contribution in [0, 0.1) is 0 Å². The number of aliphatic hydroxyl groups excluding tert-OH is 1. The summed E-state index contributed by atoms with van der Waals surface area (Å²) in [5.41, 5.74) is 6.42. The Balaban J connectivity index is 2.67. The number of hydrogen-bond acceptors (Lipinski definition) is 5. The van der Waals surface area contributed by atoms with Crippen LogP contribution >= 0.6 is 11.6 Å². The van der Waals surface area contributed by atoms with Gasteiger partial charge in [-0.3, -0.25) is 0 Å². The van der Waals surface area contributed by atoms with Crippen molar-refractivity contribution in [2.75, 3.05) is 20.3 Å². The Hall–Kier alpha value is -1.01. The van der Waals surface area contributed by atoms with Gasteiger partial charge in [0.1, 0.15) is 12.7 Å². The summed E-state index contributed by atoms with van der Waals surface area (Å²) in [4.78, 5) is 0. The zero-order valence-electron chi connectivity index (χ0n) is 12.1. The number of aliphatic hydroxyl groups is 1. The molecule has 0 aliphatic rings. The van der Waals surface area contributed by atoms with Crippen LogP contribution < -0.4 is 15.2 Å². The summed E-state index contributed by atoms with van der Waals surface area (Å²) in [7, 11) is 1.52. The summed E-state index contributed by atoms with van der Waals surface area (Å²) >= 11 is 6.13. The van der Waals surface area contributed by atoms with Crippen molar-refractivity contribution in [3.63, 3.8) is 0 Å². The van der Waals surface area contributed by atoms with E-state index in [2.05, 4.69) is 0 Å². The van der Waals surface area contributed by atoms with Gasteiger partial charge in [-0.05, 0) is 31.5 Å². The number of halogens is 1.